The molecule has 0 spiro atoms. The molecule has 2 aromatic rings. The van der Waals surface area contributed by atoms with Crippen molar-refractivity contribution in [1.29, 1.82) is 0 Å². The molecule has 0 heterocycles. The molecule has 0 aliphatic heterocycles. The Hall–Kier alpha value is -2.21. The Morgan fingerprint density at radius 2 is 1.65 bits per heavy atom. The summed E-state index contributed by atoms with van der Waals surface area (Å²) in [5.74, 6) is 0.581. The summed E-state index contributed by atoms with van der Waals surface area (Å²) in [4.78, 5) is 11.6. The first-order valence-electron chi connectivity index (χ1n) is 7.28. The van der Waals surface area contributed by atoms with Crippen molar-refractivity contribution in [2.75, 3.05) is 12.3 Å². The third kappa shape index (κ3) is 6.61. The Balaban J connectivity index is 1.62. The minimum Gasteiger partial charge on any atom is -0.337 e. The van der Waals surface area contributed by atoms with Crippen LogP contribution in [0.5, 0.6) is 0 Å². The normalized spacial score (nSPS) is 11.7. The summed E-state index contributed by atoms with van der Waals surface area (Å²) in [5, 5.41) is 5.33. The molecule has 0 fully saturated rings. The molecule has 2 N–H and O–H groups in total. The van der Waals surface area contributed by atoms with Gasteiger partial charge in [0, 0.05) is 35.4 Å². The Morgan fingerprint density at radius 3 is 2.35 bits per heavy atom. The van der Waals surface area contributed by atoms with Gasteiger partial charge in [-0.15, -0.1) is 0 Å². The topological polar surface area (TPSA) is 58.2 Å². The average molecular weight is 334 g/mol. The van der Waals surface area contributed by atoms with Gasteiger partial charge in [-0.1, -0.05) is 42.5 Å². The second kappa shape index (κ2) is 9.05. The molecule has 0 bridgehead atoms. The lowest BCUT2D eigenvalue weighted by Gasteiger charge is -2.08. The van der Waals surface area contributed by atoms with Gasteiger partial charge in [0.15, 0.2) is 0 Å². The maximum atomic E-state index is 12.8. The number of amides is 2. The van der Waals surface area contributed by atoms with Crippen molar-refractivity contribution in [1.82, 2.24) is 10.6 Å². The van der Waals surface area contributed by atoms with Crippen molar-refractivity contribution in [3.63, 3.8) is 0 Å². The van der Waals surface area contributed by atoms with Gasteiger partial charge in [0.05, 0.1) is 0 Å². The number of rotatable bonds is 7. The number of urea groups is 1. The second-order valence-corrected chi connectivity index (χ2v) is 6.59. The summed E-state index contributed by atoms with van der Waals surface area (Å²) in [6.45, 7) is 0.661. The SMILES string of the molecule is O=C(NCCS(=O)Cc1ccccc1)NCc1ccc(F)cc1. The Kier molecular flexibility index (Phi) is 6.75. The molecule has 122 valence electrons. The Bertz CT molecular complexity index is 647. The van der Waals surface area contributed by atoms with Crippen LogP contribution < -0.4 is 10.6 Å². The van der Waals surface area contributed by atoms with Gasteiger partial charge in [-0.05, 0) is 23.3 Å². The quantitative estimate of drug-likeness (QED) is 0.818. The first-order chi connectivity index (χ1) is 11.1. The highest BCUT2D eigenvalue weighted by molar-refractivity contribution is 7.84. The molecule has 0 aliphatic rings. The number of carbonyl (C=O) groups is 1. The van der Waals surface area contributed by atoms with Crippen LogP contribution in [0, 0.1) is 5.82 Å². The van der Waals surface area contributed by atoms with Crippen molar-refractivity contribution < 1.29 is 13.4 Å². The number of hydrogen-bond acceptors (Lipinski definition) is 2. The molecule has 0 aromatic heterocycles. The van der Waals surface area contributed by atoms with Crippen LogP contribution in [-0.4, -0.2) is 22.5 Å². The lowest BCUT2D eigenvalue weighted by atomic mass is 10.2. The summed E-state index contributed by atoms with van der Waals surface area (Å²) in [5.41, 5.74) is 1.83. The predicted octanol–water partition coefficient (Wildman–Crippen LogP) is 2.57. The van der Waals surface area contributed by atoms with Gasteiger partial charge in [0.25, 0.3) is 0 Å². The average Bonchev–Trinajstić information content (AvgIpc) is 2.55. The minimum absolute atomic E-state index is 0.306. The van der Waals surface area contributed by atoms with Gasteiger partial charge < -0.3 is 10.6 Å². The summed E-state index contributed by atoms with van der Waals surface area (Å²) in [7, 11) is -1.01. The molecule has 1 unspecified atom stereocenters. The Morgan fingerprint density at radius 1 is 0.957 bits per heavy atom. The molecule has 6 heteroatoms. The fraction of sp³-hybridized carbons (Fsp3) is 0.235. The number of benzene rings is 2. The van der Waals surface area contributed by atoms with Crippen LogP contribution in [0.25, 0.3) is 0 Å². The van der Waals surface area contributed by atoms with Crippen LogP contribution in [-0.2, 0) is 23.1 Å². The highest BCUT2D eigenvalue weighted by Gasteiger charge is 2.04. The van der Waals surface area contributed by atoms with E-state index in [1.54, 1.807) is 12.1 Å². The Labute approximate surface area is 137 Å². The van der Waals surface area contributed by atoms with Crippen molar-refractivity contribution in [2.24, 2.45) is 0 Å². The zero-order valence-corrected chi connectivity index (χ0v) is 13.4. The van der Waals surface area contributed by atoms with Gasteiger partial charge >= 0.3 is 6.03 Å². The van der Waals surface area contributed by atoms with Crippen molar-refractivity contribution in [2.45, 2.75) is 12.3 Å². The molecule has 0 saturated heterocycles. The van der Waals surface area contributed by atoms with E-state index in [9.17, 15) is 13.4 Å². The smallest absolute Gasteiger partial charge is 0.315 e. The minimum atomic E-state index is -1.01. The summed E-state index contributed by atoms with van der Waals surface area (Å²) < 4.78 is 24.7. The molecular formula is C17H19FN2O2S. The molecule has 1 atom stereocenters. The highest BCUT2D eigenvalue weighted by Crippen LogP contribution is 2.03. The summed E-state index contributed by atoms with van der Waals surface area (Å²) >= 11 is 0. The lowest BCUT2D eigenvalue weighted by Crippen LogP contribution is -2.37. The van der Waals surface area contributed by atoms with E-state index in [0.717, 1.165) is 11.1 Å². The summed E-state index contributed by atoms with van der Waals surface area (Å²) in [6.07, 6.45) is 0. The zero-order valence-electron chi connectivity index (χ0n) is 12.6. The van der Waals surface area contributed by atoms with Crippen LogP contribution >= 0.6 is 0 Å². The fourth-order valence-electron chi connectivity index (χ4n) is 1.96. The van der Waals surface area contributed by atoms with Crippen molar-refractivity contribution in [3.8, 4) is 0 Å². The second-order valence-electron chi connectivity index (χ2n) is 5.01. The van der Waals surface area contributed by atoms with E-state index < -0.39 is 10.8 Å². The van der Waals surface area contributed by atoms with E-state index in [4.69, 9.17) is 0 Å². The van der Waals surface area contributed by atoms with Crippen LogP contribution in [0.1, 0.15) is 11.1 Å². The van der Waals surface area contributed by atoms with Crippen LogP contribution in [0.3, 0.4) is 0 Å². The van der Waals surface area contributed by atoms with E-state index >= 15 is 0 Å². The number of carbonyl (C=O) groups excluding carboxylic acids is 1. The third-order valence-electron chi connectivity index (χ3n) is 3.15. The molecule has 2 aromatic carbocycles. The highest BCUT2D eigenvalue weighted by atomic mass is 32.2. The zero-order chi connectivity index (χ0) is 16.5. The monoisotopic (exact) mass is 334 g/mol. The molecular weight excluding hydrogens is 315 g/mol. The van der Waals surface area contributed by atoms with Crippen LogP contribution in [0.15, 0.2) is 54.6 Å². The number of halogens is 1. The van der Waals surface area contributed by atoms with Gasteiger partial charge in [0.2, 0.25) is 0 Å². The molecule has 0 saturated carbocycles. The van der Waals surface area contributed by atoms with Gasteiger partial charge in [0.1, 0.15) is 5.82 Å². The lowest BCUT2D eigenvalue weighted by molar-refractivity contribution is 0.241. The van der Waals surface area contributed by atoms with E-state index in [2.05, 4.69) is 10.6 Å². The largest absolute Gasteiger partial charge is 0.337 e. The van der Waals surface area contributed by atoms with Crippen LogP contribution in [0.4, 0.5) is 9.18 Å². The van der Waals surface area contributed by atoms with Gasteiger partial charge in [-0.2, -0.15) is 0 Å². The number of hydrogen-bond donors (Lipinski definition) is 2. The maximum absolute atomic E-state index is 12.8. The molecule has 23 heavy (non-hydrogen) atoms. The molecule has 0 radical (unpaired) electrons. The van der Waals surface area contributed by atoms with Gasteiger partial charge in [-0.25, -0.2) is 9.18 Å². The van der Waals surface area contributed by atoms with E-state index in [1.807, 2.05) is 30.3 Å². The summed E-state index contributed by atoms with van der Waals surface area (Å²) in [6, 6.07) is 15.2. The molecule has 0 aliphatic carbocycles. The molecule has 4 nitrogen and oxygen atoms in total. The predicted molar refractivity (Wildman–Crippen MR) is 89.8 cm³/mol. The van der Waals surface area contributed by atoms with E-state index in [0.29, 0.717) is 24.6 Å². The standard InChI is InChI=1S/C17H19FN2O2S/c18-16-8-6-14(7-9-16)12-20-17(21)19-10-11-23(22)13-15-4-2-1-3-5-15/h1-9H,10-13H2,(H2,19,20,21). The van der Waals surface area contributed by atoms with E-state index in [1.165, 1.54) is 12.1 Å². The van der Waals surface area contributed by atoms with Crippen molar-refractivity contribution >= 4 is 16.8 Å². The maximum Gasteiger partial charge on any atom is 0.315 e. The fourth-order valence-corrected chi connectivity index (χ4v) is 3.00. The van der Waals surface area contributed by atoms with Gasteiger partial charge in [-0.3, -0.25) is 4.21 Å². The van der Waals surface area contributed by atoms with Crippen LogP contribution in [0.2, 0.25) is 0 Å². The van der Waals surface area contributed by atoms with E-state index in [-0.39, 0.29) is 11.8 Å². The molecule has 2 rings (SSSR count). The number of nitrogens with one attached hydrogen (secondary N) is 2. The first-order valence-corrected chi connectivity index (χ1v) is 8.77. The first kappa shape index (κ1) is 17.1. The molecule has 2 amide bonds. The third-order valence-corrected chi connectivity index (χ3v) is 4.47. The van der Waals surface area contributed by atoms with Crippen molar-refractivity contribution in [3.05, 3.63) is 71.5 Å².